The molecule has 0 unspecified atom stereocenters. The molecular formula is C27H28N4O2S. The van der Waals surface area contributed by atoms with Crippen molar-refractivity contribution >= 4 is 34.4 Å². The van der Waals surface area contributed by atoms with E-state index in [9.17, 15) is 4.79 Å². The number of nitrogens with zero attached hydrogens (tertiary/aromatic N) is 2. The maximum atomic E-state index is 12.7. The van der Waals surface area contributed by atoms with Gasteiger partial charge in [-0.25, -0.2) is 4.98 Å². The molecule has 6 nitrogen and oxygen atoms in total. The van der Waals surface area contributed by atoms with Crippen molar-refractivity contribution in [2.45, 2.75) is 17.3 Å². The number of carbonyl (C=O) groups is 1. The molecule has 0 spiro atoms. The Morgan fingerprint density at radius 2 is 1.71 bits per heavy atom. The number of aromatic amines is 1. The number of carbonyl (C=O) groups excluding carboxylic acids is 1. The fourth-order valence-electron chi connectivity index (χ4n) is 3.97. The monoisotopic (exact) mass is 472 g/mol. The largest absolute Gasteiger partial charge is 0.379 e. The molecule has 34 heavy (non-hydrogen) atoms. The maximum absolute atomic E-state index is 12.7. The Hall–Kier alpha value is -3.13. The highest BCUT2D eigenvalue weighted by molar-refractivity contribution is 7.98. The molecule has 1 aliphatic rings. The lowest BCUT2D eigenvalue weighted by molar-refractivity contribution is 0.0384. The Balaban J connectivity index is 1.11. The molecule has 1 aromatic heterocycles. The van der Waals surface area contributed by atoms with Crippen LogP contribution in [-0.2, 0) is 16.9 Å². The van der Waals surface area contributed by atoms with Crippen LogP contribution < -0.4 is 5.32 Å². The van der Waals surface area contributed by atoms with Crippen LogP contribution in [0.25, 0.3) is 11.0 Å². The van der Waals surface area contributed by atoms with Crippen molar-refractivity contribution in [2.75, 3.05) is 38.2 Å². The van der Waals surface area contributed by atoms with Crippen LogP contribution in [0.5, 0.6) is 0 Å². The number of H-pyrrole nitrogens is 1. The van der Waals surface area contributed by atoms with Crippen LogP contribution in [0.15, 0.2) is 78.0 Å². The first-order valence-electron chi connectivity index (χ1n) is 11.6. The van der Waals surface area contributed by atoms with Gasteiger partial charge < -0.3 is 15.0 Å². The zero-order valence-corrected chi connectivity index (χ0v) is 19.8. The number of fused-ring (bicyclic) bond motifs is 1. The number of aromatic nitrogens is 2. The minimum atomic E-state index is -0.0995. The van der Waals surface area contributed by atoms with Gasteiger partial charge in [0.2, 0.25) is 0 Å². The quantitative estimate of drug-likeness (QED) is 0.354. The van der Waals surface area contributed by atoms with Gasteiger partial charge in [0, 0.05) is 36.6 Å². The summed E-state index contributed by atoms with van der Waals surface area (Å²) in [4.78, 5) is 23.0. The van der Waals surface area contributed by atoms with E-state index < -0.39 is 0 Å². The summed E-state index contributed by atoms with van der Waals surface area (Å²) >= 11 is 1.65. The molecule has 1 saturated heterocycles. The molecule has 1 aliphatic heterocycles. The Kier molecular flexibility index (Phi) is 7.24. The summed E-state index contributed by atoms with van der Waals surface area (Å²) in [6.45, 7) is 4.70. The minimum absolute atomic E-state index is 0.0995. The van der Waals surface area contributed by atoms with E-state index >= 15 is 0 Å². The van der Waals surface area contributed by atoms with Gasteiger partial charge >= 0.3 is 0 Å². The molecule has 0 bridgehead atoms. The average Bonchev–Trinajstić information content (AvgIpc) is 3.31. The highest BCUT2D eigenvalue weighted by Crippen LogP contribution is 2.23. The number of amides is 1. The lowest BCUT2D eigenvalue weighted by Gasteiger charge is -2.26. The first-order valence-corrected chi connectivity index (χ1v) is 12.6. The number of benzene rings is 3. The second kappa shape index (κ2) is 10.9. The highest BCUT2D eigenvalue weighted by atomic mass is 32.2. The van der Waals surface area contributed by atoms with Gasteiger partial charge in [-0.05, 0) is 53.9 Å². The van der Waals surface area contributed by atoms with Crippen LogP contribution in [0.1, 0.15) is 21.5 Å². The lowest BCUT2D eigenvalue weighted by Crippen LogP contribution is -2.37. The van der Waals surface area contributed by atoms with Crippen molar-refractivity contribution in [1.29, 1.82) is 0 Å². The van der Waals surface area contributed by atoms with E-state index in [1.807, 2.05) is 60.7 Å². The van der Waals surface area contributed by atoms with Crippen LogP contribution >= 0.6 is 11.8 Å². The Bertz CT molecular complexity index is 1200. The van der Waals surface area contributed by atoms with Crippen molar-refractivity contribution in [1.82, 2.24) is 14.9 Å². The van der Waals surface area contributed by atoms with E-state index in [1.54, 1.807) is 11.8 Å². The second-order valence-electron chi connectivity index (χ2n) is 8.40. The zero-order valence-electron chi connectivity index (χ0n) is 19.0. The molecule has 5 rings (SSSR count). The Labute approximate surface area is 203 Å². The molecule has 0 radical (unpaired) electrons. The van der Waals surface area contributed by atoms with Crippen molar-refractivity contribution in [3.8, 4) is 0 Å². The number of rotatable bonds is 8. The molecule has 4 aromatic rings. The lowest BCUT2D eigenvalue weighted by atomic mass is 10.1. The van der Waals surface area contributed by atoms with Gasteiger partial charge in [0.1, 0.15) is 0 Å². The predicted octanol–water partition coefficient (Wildman–Crippen LogP) is 4.98. The number of thioether (sulfide) groups is 1. The van der Waals surface area contributed by atoms with E-state index in [0.717, 1.165) is 72.5 Å². The van der Waals surface area contributed by atoms with Crippen LogP contribution in [0.2, 0.25) is 0 Å². The van der Waals surface area contributed by atoms with E-state index in [2.05, 4.69) is 32.3 Å². The molecule has 2 N–H and O–H groups in total. The van der Waals surface area contributed by atoms with Crippen molar-refractivity contribution in [2.24, 2.45) is 0 Å². The number of hydrogen-bond acceptors (Lipinski definition) is 5. The summed E-state index contributed by atoms with van der Waals surface area (Å²) in [7, 11) is 0. The third kappa shape index (κ3) is 5.86. The number of imidazole rings is 1. The van der Waals surface area contributed by atoms with Crippen molar-refractivity contribution in [3.05, 3.63) is 89.5 Å². The minimum Gasteiger partial charge on any atom is -0.379 e. The average molecular weight is 473 g/mol. The van der Waals surface area contributed by atoms with Gasteiger partial charge in [0.15, 0.2) is 5.16 Å². The van der Waals surface area contributed by atoms with E-state index in [0.29, 0.717) is 5.56 Å². The second-order valence-corrected chi connectivity index (χ2v) is 9.36. The topological polar surface area (TPSA) is 70.2 Å². The highest BCUT2D eigenvalue weighted by Gasteiger charge is 2.11. The normalized spacial score (nSPS) is 14.4. The molecule has 0 atom stereocenters. The summed E-state index contributed by atoms with van der Waals surface area (Å²) in [6.07, 6.45) is 1.00. The first-order chi connectivity index (χ1) is 16.7. The third-order valence-electron chi connectivity index (χ3n) is 5.99. The number of para-hydroxylation sites is 2. The molecule has 7 heteroatoms. The fraction of sp³-hybridized carbons (Fsp3) is 0.259. The Morgan fingerprint density at radius 1 is 0.971 bits per heavy atom. The first kappa shape index (κ1) is 22.7. The van der Waals surface area contributed by atoms with Crippen molar-refractivity contribution < 1.29 is 9.53 Å². The number of hydrogen-bond donors (Lipinski definition) is 2. The SMILES string of the molecule is O=C(Nc1ccc(CCN2CCOCC2)cc1)c1ccc(CSc2nc3ccccc3[nH]2)cc1. The van der Waals surface area contributed by atoms with Crippen LogP contribution in [-0.4, -0.2) is 53.6 Å². The summed E-state index contributed by atoms with van der Waals surface area (Å²) in [6, 6.07) is 23.9. The van der Waals surface area contributed by atoms with E-state index in [1.165, 1.54) is 5.56 Å². The molecule has 0 saturated carbocycles. The Morgan fingerprint density at radius 3 is 2.47 bits per heavy atom. The molecular weight excluding hydrogens is 444 g/mol. The zero-order chi connectivity index (χ0) is 23.2. The summed E-state index contributed by atoms with van der Waals surface area (Å²) in [5, 5.41) is 3.90. The van der Waals surface area contributed by atoms with Crippen LogP contribution in [0.4, 0.5) is 5.69 Å². The summed E-state index contributed by atoms with van der Waals surface area (Å²) in [5.74, 6) is 0.686. The number of anilines is 1. The molecule has 174 valence electrons. The van der Waals surface area contributed by atoms with Gasteiger partial charge in [0.05, 0.1) is 24.2 Å². The third-order valence-corrected chi connectivity index (χ3v) is 6.94. The summed E-state index contributed by atoms with van der Waals surface area (Å²) in [5.41, 5.74) is 5.89. The standard InChI is InChI=1S/C27H28N4O2S/c32-26(28-23-11-7-20(8-12-23)13-14-31-15-17-33-18-16-31)22-9-5-21(6-10-22)19-34-27-29-24-3-1-2-4-25(24)30-27/h1-12H,13-19H2,(H,28,32)(H,29,30). The maximum Gasteiger partial charge on any atom is 0.255 e. The summed E-state index contributed by atoms with van der Waals surface area (Å²) < 4.78 is 5.40. The molecule has 3 aromatic carbocycles. The molecule has 1 amide bonds. The van der Waals surface area contributed by atoms with E-state index in [-0.39, 0.29) is 5.91 Å². The molecule has 1 fully saturated rings. The number of morpholine rings is 1. The van der Waals surface area contributed by atoms with Gasteiger partial charge in [-0.1, -0.05) is 48.2 Å². The van der Waals surface area contributed by atoms with Gasteiger partial charge in [-0.2, -0.15) is 0 Å². The fourth-order valence-corrected chi connectivity index (χ4v) is 4.81. The predicted molar refractivity (Wildman–Crippen MR) is 137 cm³/mol. The number of ether oxygens (including phenoxy) is 1. The molecule has 2 heterocycles. The smallest absolute Gasteiger partial charge is 0.255 e. The van der Waals surface area contributed by atoms with Crippen molar-refractivity contribution in [3.63, 3.8) is 0 Å². The number of nitrogens with one attached hydrogen (secondary N) is 2. The van der Waals surface area contributed by atoms with Crippen LogP contribution in [0, 0.1) is 0 Å². The van der Waals surface area contributed by atoms with Gasteiger partial charge in [-0.3, -0.25) is 9.69 Å². The van der Waals surface area contributed by atoms with Crippen LogP contribution in [0.3, 0.4) is 0 Å². The van der Waals surface area contributed by atoms with Gasteiger partial charge in [-0.15, -0.1) is 0 Å². The van der Waals surface area contributed by atoms with Gasteiger partial charge in [0.25, 0.3) is 5.91 Å². The molecule has 0 aliphatic carbocycles. The van der Waals surface area contributed by atoms with E-state index in [4.69, 9.17) is 4.74 Å².